The van der Waals surface area contributed by atoms with Crippen molar-refractivity contribution in [2.75, 3.05) is 45.8 Å². The van der Waals surface area contributed by atoms with Gasteiger partial charge in [-0.15, -0.1) is 24.0 Å². The first-order valence-electron chi connectivity index (χ1n) is 10.2. The minimum Gasteiger partial charge on any atom is -0.495 e. The van der Waals surface area contributed by atoms with E-state index in [1.54, 1.807) is 14.2 Å². The normalized spacial score (nSPS) is 16.1. The zero-order valence-electron chi connectivity index (χ0n) is 18.1. The van der Waals surface area contributed by atoms with Crippen LogP contribution in [0, 0.1) is 0 Å². The van der Waals surface area contributed by atoms with Crippen LogP contribution in [0.2, 0.25) is 5.02 Å². The van der Waals surface area contributed by atoms with Gasteiger partial charge in [0.15, 0.2) is 5.96 Å². The van der Waals surface area contributed by atoms with Crippen molar-refractivity contribution >= 4 is 53.2 Å². The monoisotopic (exact) mass is 552 g/mol. The van der Waals surface area contributed by atoms with E-state index >= 15 is 0 Å². The van der Waals surface area contributed by atoms with Crippen LogP contribution in [-0.4, -0.2) is 58.9 Å². The molecule has 1 unspecified atom stereocenters. The number of carbonyl (C=O) groups excluding carboxylic acids is 1. The minimum atomic E-state index is -0.131. The summed E-state index contributed by atoms with van der Waals surface area (Å²) in [5.74, 6) is 1.53. The molecule has 0 amide bonds. The van der Waals surface area contributed by atoms with Crippen LogP contribution in [0.1, 0.15) is 38.5 Å². The van der Waals surface area contributed by atoms with Crippen LogP contribution in [-0.2, 0) is 9.53 Å². The molecule has 0 radical (unpaired) electrons. The van der Waals surface area contributed by atoms with Gasteiger partial charge >= 0.3 is 5.97 Å². The van der Waals surface area contributed by atoms with Crippen molar-refractivity contribution < 1.29 is 14.3 Å². The van der Waals surface area contributed by atoms with E-state index in [2.05, 4.69) is 25.3 Å². The standard InChI is InChI=1S/C21H33ClN4O3.HI/c1-23-21(24-12-7-5-4-6-8-20(27)29-3)25-17-11-13-26(15-17)18-14-16(22)9-10-19(18)28-2;/h9-10,14,17H,4-8,11-13,15H2,1-3H3,(H2,23,24,25);1H. The summed E-state index contributed by atoms with van der Waals surface area (Å²) in [6.45, 7) is 2.66. The van der Waals surface area contributed by atoms with Gasteiger partial charge in [-0.3, -0.25) is 9.79 Å². The Morgan fingerprint density at radius 2 is 2.03 bits per heavy atom. The molecule has 2 rings (SSSR count). The number of guanidine groups is 1. The zero-order chi connectivity index (χ0) is 21.1. The number of methoxy groups -OCH3 is 2. The van der Waals surface area contributed by atoms with Gasteiger partial charge in [0.25, 0.3) is 0 Å². The number of unbranched alkanes of at least 4 members (excludes halogenated alkanes) is 3. The Morgan fingerprint density at radius 3 is 2.73 bits per heavy atom. The highest BCUT2D eigenvalue weighted by atomic mass is 127. The number of benzene rings is 1. The molecule has 1 aliphatic rings. The second kappa shape index (κ2) is 14.6. The minimum absolute atomic E-state index is 0. The molecule has 0 aliphatic carbocycles. The van der Waals surface area contributed by atoms with Crippen molar-refractivity contribution in [2.45, 2.75) is 44.6 Å². The highest BCUT2D eigenvalue weighted by Gasteiger charge is 2.25. The van der Waals surface area contributed by atoms with Crippen molar-refractivity contribution in [3.8, 4) is 5.75 Å². The Balaban J connectivity index is 0.00000450. The number of nitrogens with zero attached hydrogens (tertiary/aromatic N) is 2. The molecule has 170 valence electrons. The van der Waals surface area contributed by atoms with Crippen molar-refractivity contribution in [3.63, 3.8) is 0 Å². The summed E-state index contributed by atoms with van der Waals surface area (Å²) in [6, 6.07) is 6.02. The number of ether oxygens (including phenoxy) is 2. The second-order valence-electron chi connectivity index (χ2n) is 7.13. The van der Waals surface area contributed by atoms with Gasteiger partial charge in [-0.05, 0) is 37.5 Å². The van der Waals surface area contributed by atoms with Gasteiger partial charge in [-0.2, -0.15) is 0 Å². The summed E-state index contributed by atoms with van der Waals surface area (Å²) in [5, 5.41) is 7.59. The van der Waals surface area contributed by atoms with Crippen LogP contribution in [0.15, 0.2) is 23.2 Å². The van der Waals surface area contributed by atoms with E-state index in [0.29, 0.717) is 17.5 Å². The molecular weight excluding hydrogens is 519 g/mol. The van der Waals surface area contributed by atoms with Crippen LogP contribution in [0.4, 0.5) is 5.69 Å². The number of hydrogen-bond donors (Lipinski definition) is 2. The number of hydrogen-bond acceptors (Lipinski definition) is 5. The molecule has 1 aliphatic heterocycles. The highest BCUT2D eigenvalue weighted by molar-refractivity contribution is 14.0. The van der Waals surface area contributed by atoms with Crippen molar-refractivity contribution in [1.82, 2.24) is 10.6 Å². The molecule has 2 N–H and O–H groups in total. The van der Waals surface area contributed by atoms with E-state index in [-0.39, 0.29) is 29.9 Å². The highest BCUT2D eigenvalue weighted by Crippen LogP contribution is 2.33. The second-order valence-corrected chi connectivity index (χ2v) is 7.57. The molecule has 1 saturated heterocycles. The lowest BCUT2D eigenvalue weighted by Gasteiger charge is -2.22. The van der Waals surface area contributed by atoms with Gasteiger partial charge in [-0.1, -0.05) is 24.4 Å². The number of rotatable bonds is 10. The largest absolute Gasteiger partial charge is 0.495 e. The molecule has 9 heteroatoms. The fraction of sp³-hybridized carbons (Fsp3) is 0.619. The molecule has 0 aromatic heterocycles. The van der Waals surface area contributed by atoms with Gasteiger partial charge in [-0.25, -0.2) is 0 Å². The Hall–Kier alpha value is -1.42. The lowest BCUT2D eigenvalue weighted by molar-refractivity contribution is -0.140. The Bertz CT molecular complexity index is 690. The van der Waals surface area contributed by atoms with Crippen LogP contribution >= 0.6 is 35.6 Å². The van der Waals surface area contributed by atoms with Crippen LogP contribution in [0.3, 0.4) is 0 Å². The number of anilines is 1. The Kier molecular flexibility index (Phi) is 12.9. The topological polar surface area (TPSA) is 75.2 Å². The van der Waals surface area contributed by atoms with E-state index in [1.165, 1.54) is 7.11 Å². The maximum absolute atomic E-state index is 11.1. The molecule has 30 heavy (non-hydrogen) atoms. The van der Waals surface area contributed by atoms with Crippen LogP contribution in [0.5, 0.6) is 5.75 Å². The number of halogens is 2. The third kappa shape index (κ3) is 8.75. The van der Waals surface area contributed by atoms with E-state index < -0.39 is 0 Å². The summed E-state index contributed by atoms with van der Waals surface area (Å²) in [5.41, 5.74) is 1.03. The third-order valence-electron chi connectivity index (χ3n) is 5.06. The molecule has 1 aromatic rings. The molecule has 0 saturated carbocycles. The number of carbonyl (C=O) groups is 1. The van der Waals surface area contributed by atoms with Gasteiger partial charge < -0.3 is 25.0 Å². The van der Waals surface area contributed by atoms with E-state index in [0.717, 1.165) is 69.1 Å². The Labute approximate surface area is 201 Å². The van der Waals surface area contributed by atoms with Crippen LogP contribution in [0.25, 0.3) is 0 Å². The summed E-state index contributed by atoms with van der Waals surface area (Å²) < 4.78 is 10.1. The number of aliphatic imine (C=N–C) groups is 1. The molecule has 7 nitrogen and oxygen atoms in total. The maximum atomic E-state index is 11.1. The van der Waals surface area contributed by atoms with E-state index in [9.17, 15) is 4.79 Å². The number of nitrogens with one attached hydrogen (secondary N) is 2. The summed E-state index contributed by atoms with van der Waals surface area (Å²) in [7, 11) is 4.90. The molecule has 0 bridgehead atoms. The van der Waals surface area contributed by atoms with Gasteiger partial charge in [0, 0.05) is 44.2 Å². The lowest BCUT2D eigenvalue weighted by Crippen LogP contribution is -2.44. The first-order valence-corrected chi connectivity index (χ1v) is 10.6. The number of esters is 1. The molecule has 1 aromatic carbocycles. The molecule has 0 spiro atoms. The fourth-order valence-electron chi connectivity index (χ4n) is 3.45. The first-order chi connectivity index (χ1) is 14.1. The smallest absolute Gasteiger partial charge is 0.305 e. The molecule has 1 heterocycles. The average Bonchev–Trinajstić information content (AvgIpc) is 3.20. The van der Waals surface area contributed by atoms with E-state index in [1.807, 2.05) is 18.2 Å². The van der Waals surface area contributed by atoms with Gasteiger partial charge in [0.2, 0.25) is 0 Å². The van der Waals surface area contributed by atoms with Gasteiger partial charge in [0.1, 0.15) is 5.75 Å². The Morgan fingerprint density at radius 1 is 1.27 bits per heavy atom. The van der Waals surface area contributed by atoms with E-state index in [4.69, 9.17) is 16.3 Å². The fourth-order valence-corrected chi connectivity index (χ4v) is 3.62. The zero-order valence-corrected chi connectivity index (χ0v) is 21.2. The maximum Gasteiger partial charge on any atom is 0.305 e. The summed E-state index contributed by atoms with van der Waals surface area (Å²) >= 11 is 6.17. The quantitative estimate of drug-likeness (QED) is 0.151. The summed E-state index contributed by atoms with van der Waals surface area (Å²) in [6.07, 6.45) is 5.55. The summed E-state index contributed by atoms with van der Waals surface area (Å²) in [4.78, 5) is 17.7. The predicted octanol–water partition coefficient (Wildman–Crippen LogP) is 3.83. The first kappa shape index (κ1) is 26.6. The average molecular weight is 553 g/mol. The van der Waals surface area contributed by atoms with Crippen molar-refractivity contribution in [1.29, 1.82) is 0 Å². The molecular formula is C21H34ClIN4O3. The molecule has 1 fully saturated rings. The molecule has 1 atom stereocenters. The van der Waals surface area contributed by atoms with Gasteiger partial charge in [0.05, 0.1) is 19.9 Å². The lowest BCUT2D eigenvalue weighted by atomic mass is 10.1. The SMILES string of the molecule is CN=C(NCCCCCCC(=O)OC)NC1CCN(c2cc(Cl)ccc2OC)C1.I. The third-order valence-corrected chi connectivity index (χ3v) is 5.30. The van der Waals surface area contributed by atoms with Crippen molar-refractivity contribution in [2.24, 2.45) is 4.99 Å². The predicted molar refractivity (Wildman–Crippen MR) is 134 cm³/mol. The van der Waals surface area contributed by atoms with Crippen molar-refractivity contribution in [3.05, 3.63) is 23.2 Å². The van der Waals surface area contributed by atoms with Crippen LogP contribution < -0.4 is 20.3 Å².